The highest BCUT2D eigenvalue weighted by Crippen LogP contribution is 2.30. The average molecular weight is 506 g/mol. The number of hydrogen-bond donors (Lipinski definition) is 1. The number of aryl methyl sites for hydroxylation is 1. The smallest absolute Gasteiger partial charge is 0.350 e. The summed E-state index contributed by atoms with van der Waals surface area (Å²) in [6.07, 6.45) is 2.22. The van der Waals surface area contributed by atoms with Gasteiger partial charge in [-0.1, -0.05) is 22.8 Å². The summed E-state index contributed by atoms with van der Waals surface area (Å²) in [7, 11) is 2.02. The lowest BCUT2D eigenvalue weighted by atomic mass is 9.97. The molecule has 0 bridgehead atoms. The van der Waals surface area contributed by atoms with Crippen molar-refractivity contribution in [1.82, 2.24) is 30.0 Å². The minimum atomic E-state index is -4.69. The molecular formula is C23H23ClF3N7O. The predicted octanol–water partition coefficient (Wildman–Crippen LogP) is 4.70. The largest absolute Gasteiger partial charge is 0.471 e. The normalized spacial score (nSPS) is 15.3. The highest BCUT2D eigenvalue weighted by atomic mass is 35.5. The van der Waals surface area contributed by atoms with E-state index in [0.717, 1.165) is 54.9 Å². The van der Waals surface area contributed by atoms with Crippen LogP contribution in [0.3, 0.4) is 0 Å². The van der Waals surface area contributed by atoms with Crippen LogP contribution < -0.4 is 10.2 Å². The Balaban J connectivity index is 1.13. The number of anilines is 1. The van der Waals surface area contributed by atoms with Crippen LogP contribution in [-0.4, -0.2) is 44.3 Å². The minimum absolute atomic E-state index is 0.193. The van der Waals surface area contributed by atoms with E-state index in [4.69, 9.17) is 11.6 Å². The molecule has 1 N–H and O–H groups in total. The fraction of sp³-hybridized carbons (Fsp3) is 0.391. The molecule has 1 aromatic carbocycles. The van der Waals surface area contributed by atoms with E-state index >= 15 is 0 Å². The number of rotatable bonds is 6. The van der Waals surface area contributed by atoms with Gasteiger partial charge in [-0.25, -0.2) is 9.97 Å². The third kappa shape index (κ3) is 4.96. The molecule has 4 heterocycles. The number of fused-ring (bicyclic) bond motifs is 1. The van der Waals surface area contributed by atoms with Crippen molar-refractivity contribution in [3.05, 3.63) is 53.3 Å². The maximum Gasteiger partial charge on any atom is 0.471 e. The first-order valence-electron chi connectivity index (χ1n) is 11.2. The third-order valence-electron chi connectivity index (χ3n) is 6.25. The molecule has 0 saturated carbocycles. The highest BCUT2D eigenvalue weighted by molar-refractivity contribution is 6.35. The average Bonchev–Trinajstić information content (AvgIpc) is 3.46. The van der Waals surface area contributed by atoms with Gasteiger partial charge in [-0.05, 0) is 43.0 Å². The maximum absolute atomic E-state index is 12.7. The van der Waals surface area contributed by atoms with Crippen LogP contribution in [0.1, 0.15) is 24.3 Å². The van der Waals surface area contributed by atoms with Crippen molar-refractivity contribution in [2.75, 3.05) is 24.5 Å². The van der Waals surface area contributed by atoms with Crippen molar-refractivity contribution in [2.24, 2.45) is 13.0 Å². The molecular weight excluding hydrogens is 483 g/mol. The van der Waals surface area contributed by atoms with Gasteiger partial charge >= 0.3 is 12.1 Å². The summed E-state index contributed by atoms with van der Waals surface area (Å²) < 4.78 is 44.3. The zero-order chi connectivity index (χ0) is 24.6. The molecule has 1 aliphatic heterocycles. The third-order valence-corrected chi connectivity index (χ3v) is 6.57. The van der Waals surface area contributed by atoms with E-state index in [1.54, 1.807) is 0 Å². The van der Waals surface area contributed by atoms with Gasteiger partial charge in [0.1, 0.15) is 0 Å². The van der Waals surface area contributed by atoms with E-state index in [2.05, 4.69) is 51.7 Å². The fourth-order valence-electron chi connectivity index (χ4n) is 4.43. The number of aromatic nitrogens is 5. The Hall–Kier alpha value is -3.18. The Morgan fingerprint density at radius 1 is 1.17 bits per heavy atom. The lowest BCUT2D eigenvalue weighted by Gasteiger charge is -2.32. The number of benzene rings is 1. The maximum atomic E-state index is 12.7. The van der Waals surface area contributed by atoms with E-state index in [1.165, 1.54) is 18.0 Å². The first-order chi connectivity index (χ1) is 16.8. The Morgan fingerprint density at radius 2 is 1.91 bits per heavy atom. The molecule has 5 rings (SSSR count). The first-order valence-corrected chi connectivity index (χ1v) is 11.6. The summed E-state index contributed by atoms with van der Waals surface area (Å²) in [5, 5.41) is 8.79. The van der Waals surface area contributed by atoms with Crippen LogP contribution in [0.4, 0.5) is 19.1 Å². The molecule has 3 aromatic heterocycles. The molecule has 1 saturated heterocycles. The lowest BCUT2D eigenvalue weighted by Crippen LogP contribution is -2.38. The molecule has 8 nitrogen and oxygen atoms in total. The molecule has 12 heteroatoms. The van der Waals surface area contributed by atoms with Crippen LogP contribution in [0.2, 0.25) is 5.02 Å². The van der Waals surface area contributed by atoms with Crippen molar-refractivity contribution in [2.45, 2.75) is 25.6 Å². The van der Waals surface area contributed by atoms with Gasteiger partial charge in [0.05, 0.1) is 10.6 Å². The molecule has 0 atom stereocenters. The summed E-state index contributed by atoms with van der Waals surface area (Å²) in [4.78, 5) is 14.0. The number of nitrogens with one attached hydrogen (secondary N) is 1. The molecule has 1 aliphatic rings. The van der Waals surface area contributed by atoms with E-state index in [-0.39, 0.29) is 11.4 Å². The van der Waals surface area contributed by atoms with Crippen molar-refractivity contribution in [3.63, 3.8) is 0 Å². The SMILES string of the molecule is Cn1cc(CNCC2CCN(c3ncc(-c4noc(C(F)(F)F)n4)cn3)CC2)c2c(Cl)cccc21. The summed E-state index contributed by atoms with van der Waals surface area (Å²) in [5.74, 6) is -0.530. The van der Waals surface area contributed by atoms with Crippen LogP contribution in [0.5, 0.6) is 0 Å². The Bertz CT molecular complexity index is 1310. The molecule has 0 unspecified atom stereocenters. The number of hydrogen-bond acceptors (Lipinski definition) is 7. The first kappa shape index (κ1) is 23.6. The van der Waals surface area contributed by atoms with Gasteiger partial charge in [0.15, 0.2) is 0 Å². The van der Waals surface area contributed by atoms with Gasteiger partial charge in [-0.3, -0.25) is 0 Å². The van der Waals surface area contributed by atoms with Gasteiger partial charge in [0, 0.05) is 56.2 Å². The van der Waals surface area contributed by atoms with Gasteiger partial charge in [0.25, 0.3) is 0 Å². The number of piperidine rings is 1. The standard InChI is InChI=1S/C23H23ClF3N7O/c1-33-13-16(19-17(24)3-2-4-18(19)33)10-28-9-14-5-7-34(8-6-14)22-29-11-15(12-30-22)20-31-21(35-32-20)23(25,26)27/h2-4,11-14,28H,5-10H2,1H3. The second-order valence-corrected chi connectivity index (χ2v) is 9.06. The fourth-order valence-corrected chi connectivity index (χ4v) is 4.72. The molecule has 35 heavy (non-hydrogen) atoms. The van der Waals surface area contributed by atoms with Crippen LogP contribution in [-0.2, 0) is 19.8 Å². The molecule has 0 radical (unpaired) electrons. The molecule has 0 aliphatic carbocycles. The molecule has 1 fully saturated rings. The van der Waals surface area contributed by atoms with Crippen LogP contribution in [0, 0.1) is 5.92 Å². The monoisotopic (exact) mass is 505 g/mol. The minimum Gasteiger partial charge on any atom is -0.350 e. The number of halogens is 4. The molecule has 184 valence electrons. The number of nitrogens with zero attached hydrogens (tertiary/aromatic N) is 6. The summed E-state index contributed by atoms with van der Waals surface area (Å²) in [5.41, 5.74) is 2.57. The molecule has 0 spiro atoms. The van der Waals surface area contributed by atoms with Crippen molar-refractivity contribution in [3.8, 4) is 11.4 Å². The predicted molar refractivity (Wildman–Crippen MR) is 125 cm³/mol. The van der Waals surface area contributed by atoms with Crippen molar-refractivity contribution >= 4 is 28.5 Å². The van der Waals surface area contributed by atoms with E-state index < -0.39 is 12.1 Å². The van der Waals surface area contributed by atoms with Crippen molar-refractivity contribution < 1.29 is 17.7 Å². The van der Waals surface area contributed by atoms with Crippen LogP contribution in [0.25, 0.3) is 22.3 Å². The molecule has 4 aromatic rings. The zero-order valence-corrected chi connectivity index (χ0v) is 19.6. The molecule has 0 amide bonds. The summed E-state index contributed by atoms with van der Waals surface area (Å²) in [6, 6.07) is 5.94. The quantitative estimate of drug-likeness (QED) is 0.406. The van der Waals surface area contributed by atoms with E-state index in [1.807, 2.05) is 19.2 Å². The van der Waals surface area contributed by atoms with Gasteiger partial charge in [-0.2, -0.15) is 18.2 Å². The van der Waals surface area contributed by atoms with Gasteiger partial charge in [-0.15, -0.1) is 0 Å². The summed E-state index contributed by atoms with van der Waals surface area (Å²) in [6.45, 7) is 3.24. The lowest BCUT2D eigenvalue weighted by molar-refractivity contribution is -0.159. The second-order valence-electron chi connectivity index (χ2n) is 8.65. The van der Waals surface area contributed by atoms with Crippen LogP contribution in [0.15, 0.2) is 41.3 Å². The zero-order valence-electron chi connectivity index (χ0n) is 18.9. The van der Waals surface area contributed by atoms with Crippen molar-refractivity contribution in [1.29, 1.82) is 0 Å². The van der Waals surface area contributed by atoms with E-state index in [0.29, 0.717) is 11.9 Å². The topological polar surface area (TPSA) is 84.9 Å². The Labute approximate surface area is 204 Å². The summed E-state index contributed by atoms with van der Waals surface area (Å²) >= 11 is 6.43. The van der Waals surface area contributed by atoms with Crippen LogP contribution >= 0.6 is 11.6 Å². The van der Waals surface area contributed by atoms with E-state index in [9.17, 15) is 13.2 Å². The van der Waals surface area contributed by atoms with Gasteiger partial charge in [0.2, 0.25) is 11.8 Å². The number of alkyl halides is 3. The highest BCUT2D eigenvalue weighted by Gasteiger charge is 2.38. The Morgan fingerprint density at radius 3 is 2.60 bits per heavy atom. The second kappa shape index (κ2) is 9.46. The van der Waals surface area contributed by atoms with Gasteiger partial charge < -0.3 is 19.3 Å². The Kier molecular flexibility index (Phi) is 6.37.